The van der Waals surface area contributed by atoms with Crippen LogP contribution in [0.2, 0.25) is 0 Å². The molecular formula is C26H36O2Si. The van der Waals surface area contributed by atoms with Crippen molar-refractivity contribution in [2.45, 2.75) is 51.6 Å². The van der Waals surface area contributed by atoms with Crippen LogP contribution in [0.15, 0.2) is 72.8 Å². The summed E-state index contributed by atoms with van der Waals surface area (Å²) < 4.78 is 13.9. The van der Waals surface area contributed by atoms with Gasteiger partial charge in [-0.1, -0.05) is 113 Å². The van der Waals surface area contributed by atoms with E-state index in [4.69, 9.17) is 8.85 Å². The second-order valence-corrected chi connectivity index (χ2v) is 11.8. The van der Waals surface area contributed by atoms with Gasteiger partial charge in [-0.15, -0.1) is 0 Å². The molecule has 1 aliphatic rings. The van der Waals surface area contributed by atoms with Crippen LogP contribution in [0, 0.1) is 11.8 Å². The summed E-state index contributed by atoms with van der Waals surface area (Å²) in [5.74, 6) is 1.06. The minimum atomic E-state index is -2.64. The summed E-state index contributed by atoms with van der Waals surface area (Å²) in [6.45, 7) is 10.5. The highest BCUT2D eigenvalue weighted by atomic mass is 28.4. The number of benzene rings is 2. The van der Waals surface area contributed by atoms with Crippen molar-refractivity contribution in [2.24, 2.45) is 11.8 Å². The third-order valence-electron chi connectivity index (χ3n) is 6.26. The van der Waals surface area contributed by atoms with Gasteiger partial charge in [-0.05, 0) is 23.0 Å². The molecule has 0 bridgehead atoms. The molecule has 0 unspecified atom stereocenters. The first kappa shape index (κ1) is 22.0. The molecule has 2 aromatic carbocycles. The normalized spacial score (nSPS) is 22.5. The summed E-state index contributed by atoms with van der Waals surface area (Å²) in [4.78, 5) is 0. The smallest absolute Gasteiger partial charge is 0.361 e. The highest BCUT2D eigenvalue weighted by Gasteiger charge is 2.55. The van der Waals surface area contributed by atoms with Crippen molar-refractivity contribution in [3.8, 4) is 0 Å². The molecule has 0 fully saturated rings. The standard InChI is InChI=1S/C26H36O2Si/c1-5-21(3)19-27-29(28-20-22(4)6-2)25(23-13-9-7-10-14-23)17-18-26(29)24-15-11-8-12-16-24/h7-18,21-22,25-26H,5-6,19-20H2,1-4H3/t21-,22-,25-,26-/m0/s1. The second-order valence-electron chi connectivity index (χ2n) is 8.53. The molecule has 4 atom stereocenters. The van der Waals surface area contributed by atoms with Gasteiger partial charge in [-0.3, -0.25) is 0 Å². The van der Waals surface area contributed by atoms with Crippen LogP contribution in [0.25, 0.3) is 0 Å². The highest BCUT2D eigenvalue weighted by Crippen LogP contribution is 2.47. The van der Waals surface area contributed by atoms with E-state index in [0.717, 1.165) is 26.1 Å². The van der Waals surface area contributed by atoms with Gasteiger partial charge in [0.05, 0.1) is 0 Å². The molecule has 1 aliphatic heterocycles. The lowest BCUT2D eigenvalue weighted by atomic mass is 10.1. The van der Waals surface area contributed by atoms with Gasteiger partial charge in [0.1, 0.15) is 0 Å². The zero-order chi connectivity index (χ0) is 20.7. The van der Waals surface area contributed by atoms with E-state index < -0.39 is 8.56 Å². The molecule has 0 amide bonds. The maximum absolute atomic E-state index is 6.93. The van der Waals surface area contributed by atoms with E-state index in [1.54, 1.807) is 0 Å². The van der Waals surface area contributed by atoms with Crippen LogP contribution in [0.5, 0.6) is 0 Å². The fraction of sp³-hybridized carbons (Fsp3) is 0.462. The fourth-order valence-corrected chi connectivity index (χ4v) is 8.22. The Balaban J connectivity index is 2.02. The van der Waals surface area contributed by atoms with Crippen molar-refractivity contribution in [3.05, 3.63) is 83.9 Å². The lowest BCUT2D eigenvalue weighted by molar-refractivity contribution is 0.123. The molecule has 0 saturated heterocycles. The average Bonchev–Trinajstić information content (AvgIpc) is 3.16. The van der Waals surface area contributed by atoms with Crippen molar-refractivity contribution >= 4 is 8.56 Å². The molecule has 3 rings (SSSR count). The van der Waals surface area contributed by atoms with Crippen molar-refractivity contribution in [1.29, 1.82) is 0 Å². The molecule has 29 heavy (non-hydrogen) atoms. The lowest BCUT2D eigenvalue weighted by Crippen LogP contribution is -2.52. The summed E-state index contributed by atoms with van der Waals surface area (Å²) in [5, 5.41) is 0. The Morgan fingerprint density at radius 1 is 0.690 bits per heavy atom. The Morgan fingerprint density at radius 3 is 1.41 bits per heavy atom. The Morgan fingerprint density at radius 2 is 1.07 bits per heavy atom. The molecule has 2 aromatic rings. The Bertz CT molecular complexity index is 693. The van der Waals surface area contributed by atoms with E-state index >= 15 is 0 Å². The number of hydrogen-bond donors (Lipinski definition) is 0. The second kappa shape index (κ2) is 10.4. The molecule has 0 spiro atoms. The summed E-state index contributed by atoms with van der Waals surface area (Å²) in [6, 6.07) is 21.6. The first-order chi connectivity index (χ1) is 14.1. The van der Waals surface area contributed by atoms with E-state index in [1.807, 2.05) is 0 Å². The molecule has 3 heteroatoms. The third kappa shape index (κ3) is 5.09. The maximum Gasteiger partial charge on any atom is 0.361 e. The highest BCUT2D eigenvalue weighted by molar-refractivity contribution is 6.72. The zero-order valence-corrected chi connectivity index (χ0v) is 19.4. The Hall–Kier alpha value is -1.68. The van der Waals surface area contributed by atoms with Crippen molar-refractivity contribution in [2.75, 3.05) is 13.2 Å². The van der Waals surface area contributed by atoms with Crippen LogP contribution in [-0.2, 0) is 8.85 Å². The molecule has 0 N–H and O–H groups in total. The van der Waals surface area contributed by atoms with E-state index in [-0.39, 0.29) is 11.1 Å². The van der Waals surface area contributed by atoms with E-state index in [2.05, 4.69) is 101 Å². The number of allylic oxidation sites excluding steroid dienone is 2. The quantitative estimate of drug-likeness (QED) is 0.319. The first-order valence-corrected chi connectivity index (χ1v) is 13.1. The third-order valence-corrected chi connectivity index (χ3v) is 10.3. The van der Waals surface area contributed by atoms with Crippen LogP contribution in [-0.4, -0.2) is 21.8 Å². The number of rotatable bonds is 10. The largest absolute Gasteiger partial charge is 0.393 e. The monoisotopic (exact) mass is 408 g/mol. The molecule has 0 aromatic heterocycles. The SMILES string of the molecule is CC[C@H](C)CO[Si]1(OC[C@@H](C)CC)[C@H](c2ccccc2)C=C[C@H]1c1ccccc1. The van der Waals surface area contributed by atoms with Crippen molar-refractivity contribution in [3.63, 3.8) is 0 Å². The predicted octanol–water partition coefficient (Wildman–Crippen LogP) is 6.77. The summed E-state index contributed by atoms with van der Waals surface area (Å²) in [5.41, 5.74) is 3.04. The van der Waals surface area contributed by atoms with Crippen LogP contribution in [0.1, 0.15) is 62.7 Å². The average molecular weight is 409 g/mol. The van der Waals surface area contributed by atoms with E-state index in [0.29, 0.717) is 11.8 Å². The van der Waals surface area contributed by atoms with Gasteiger partial charge in [-0.25, -0.2) is 0 Å². The van der Waals surface area contributed by atoms with Crippen LogP contribution < -0.4 is 0 Å². The predicted molar refractivity (Wildman–Crippen MR) is 124 cm³/mol. The fourth-order valence-electron chi connectivity index (χ4n) is 3.87. The summed E-state index contributed by atoms with van der Waals surface area (Å²) in [7, 11) is -2.64. The van der Waals surface area contributed by atoms with Gasteiger partial charge in [-0.2, -0.15) is 0 Å². The van der Waals surface area contributed by atoms with Crippen LogP contribution in [0.4, 0.5) is 0 Å². The zero-order valence-electron chi connectivity index (χ0n) is 18.4. The first-order valence-electron chi connectivity index (χ1n) is 11.2. The van der Waals surface area contributed by atoms with Crippen molar-refractivity contribution < 1.29 is 8.85 Å². The number of hydrogen-bond acceptors (Lipinski definition) is 2. The molecular weight excluding hydrogens is 372 g/mol. The molecule has 0 saturated carbocycles. The van der Waals surface area contributed by atoms with Gasteiger partial charge in [0.2, 0.25) is 0 Å². The Labute approximate surface area is 178 Å². The van der Waals surface area contributed by atoms with Gasteiger partial charge >= 0.3 is 8.56 Å². The minimum Gasteiger partial charge on any atom is -0.393 e. The molecule has 1 heterocycles. The van der Waals surface area contributed by atoms with Gasteiger partial charge in [0.15, 0.2) is 0 Å². The minimum absolute atomic E-state index is 0.210. The molecule has 0 aliphatic carbocycles. The van der Waals surface area contributed by atoms with E-state index in [1.165, 1.54) is 11.1 Å². The summed E-state index contributed by atoms with van der Waals surface area (Å²) >= 11 is 0. The molecule has 0 radical (unpaired) electrons. The maximum atomic E-state index is 6.93. The lowest BCUT2D eigenvalue weighted by Gasteiger charge is -2.39. The van der Waals surface area contributed by atoms with Gasteiger partial charge < -0.3 is 8.85 Å². The van der Waals surface area contributed by atoms with Crippen LogP contribution >= 0.6 is 0 Å². The van der Waals surface area contributed by atoms with Gasteiger partial charge in [0, 0.05) is 24.3 Å². The topological polar surface area (TPSA) is 18.5 Å². The Kier molecular flexibility index (Phi) is 7.88. The van der Waals surface area contributed by atoms with Gasteiger partial charge in [0.25, 0.3) is 0 Å². The van der Waals surface area contributed by atoms with E-state index in [9.17, 15) is 0 Å². The van der Waals surface area contributed by atoms with Crippen molar-refractivity contribution in [1.82, 2.24) is 0 Å². The van der Waals surface area contributed by atoms with Crippen LogP contribution in [0.3, 0.4) is 0 Å². The molecule has 2 nitrogen and oxygen atoms in total. The molecule has 156 valence electrons. The summed E-state index contributed by atoms with van der Waals surface area (Å²) in [6.07, 6.45) is 6.95.